The Morgan fingerprint density at radius 3 is 1.53 bits per heavy atom. The molecule has 0 radical (unpaired) electrons. The second-order valence-corrected chi connectivity index (χ2v) is 26.6. The Morgan fingerprint density at radius 1 is 0.519 bits per heavy atom. The van der Waals surface area contributed by atoms with Crippen LogP contribution >= 0.6 is 0 Å². The SMILES string of the molecule is CC1OC(OC2C(C)OC(OC3C(C)OC(OC4C(C)OC(OC5C(CO)OC(OC6CCC7(C)C(=CCC8C7CCC7(C)C8CC8O[C@]9(CC[C@@H](C)CO9)[C@@H](C)C87)C6)C(O)C5O)C(O)C4O)C(O)C3O)C(O)C2O)C(O)C(O)C1O. The molecule has 7 heterocycles. The van der Waals surface area contributed by atoms with Gasteiger partial charge in [0.1, 0.15) is 97.7 Å². The highest BCUT2D eigenvalue weighted by Crippen LogP contribution is 2.71. The number of ether oxygens (including phenoxy) is 12. The summed E-state index contributed by atoms with van der Waals surface area (Å²) in [6.45, 7) is 15.5. The van der Waals surface area contributed by atoms with Crippen LogP contribution in [0.5, 0.6) is 0 Å². The summed E-state index contributed by atoms with van der Waals surface area (Å²) in [6, 6.07) is 0. The van der Waals surface area contributed by atoms with Crippen LogP contribution in [0.25, 0.3) is 0 Å². The Morgan fingerprint density at radius 2 is 1.01 bits per heavy atom. The maximum Gasteiger partial charge on any atom is 0.187 e. The van der Waals surface area contributed by atoms with Crippen LogP contribution in [0, 0.1) is 46.3 Å². The Balaban J connectivity index is 0.659. The lowest BCUT2D eigenvalue weighted by molar-refractivity contribution is -0.388. The van der Waals surface area contributed by atoms with Crippen molar-refractivity contribution < 1.29 is 118 Å². The molecule has 0 aromatic carbocycles. The van der Waals surface area contributed by atoms with E-state index in [2.05, 4.69) is 33.8 Å². The fourth-order valence-corrected chi connectivity index (χ4v) is 16.9. The summed E-state index contributed by atoms with van der Waals surface area (Å²) in [4.78, 5) is 0. The number of allylic oxidation sites excluding steroid dienone is 1. The molecule has 7 saturated heterocycles. The molecule has 10 fully saturated rings. The third-order valence-electron chi connectivity index (χ3n) is 21.8. The Bertz CT molecular complexity index is 2190. The molecular formula is C57H92O24. The molecule has 12 N–H and O–H groups in total. The van der Waals surface area contributed by atoms with Gasteiger partial charge < -0.3 is 118 Å². The number of aliphatic hydroxyl groups is 12. The van der Waals surface area contributed by atoms with E-state index in [1.165, 1.54) is 39.7 Å². The monoisotopic (exact) mass is 1160 g/mol. The van der Waals surface area contributed by atoms with Gasteiger partial charge in [-0.3, -0.25) is 0 Å². The third-order valence-corrected chi connectivity index (χ3v) is 21.8. The molecule has 4 aliphatic carbocycles. The molecule has 464 valence electrons. The largest absolute Gasteiger partial charge is 0.394 e. The van der Waals surface area contributed by atoms with Gasteiger partial charge in [-0.15, -0.1) is 0 Å². The number of aliphatic hydroxyl groups excluding tert-OH is 12. The first-order chi connectivity index (χ1) is 38.3. The van der Waals surface area contributed by atoms with Crippen molar-refractivity contribution in [3.8, 4) is 0 Å². The molecule has 0 aromatic heterocycles. The van der Waals surface area contributed by atoms with Gasteiger partial charge in [0, 0.05) is 12.3 Å². The van der Waals surface area contributed by atoms with E-state index < -0.39 is 166 Å². The zero-order valence-electron chi connectivity index (χ0n) is 47.7. The molecule has 0 bridgehead atoms. The van der Waals surface area contributed by atoms with Gasteiger partial charge in [-0.1, -0.05) is 39.3 Å². The van der Waals surface area contributed by atoms with Crippen LogP contribution in [0.4, 0.5) is 0 Å². The Labute approximate surface area is 472 Å². The van der Waals surface area contributed by atoms with Crippen LogP contribution in [0.2, 0.25) is 0 Å². The lowest BCUT2D eigenvalue weighted by Gasteiger charge is -2.58. The number of fused-ring (bicyclic) bond motifs is 7. The van der Waals surface area contributed by atoms with Crippen LogP contribution in [0.3, 0.4) is 0 Å². The van der Waals surface area contributed by atoms with Gasteiger partial charge in [0.15, 0.2) is 37.2 Å². The van der Waals surface area contributed by atoms with Crippen molar-refractivity contribution >= 4 is 0 Å². The maximum atomic E-state index is 11.6. The summed E-state index contributed by atoms with van der Waals surface area (Å²) in [6.07, 6.45) is -26.5. The lowest BCUT2D eigenvalue weighted by Crippen LogP contribution is -2.66. The molecule has 33 unspecified atom stereocenters. The molecule has 81 heavy (non-hydrogen) atoms. The van der Waals surface area contributed by atoms with Crippen LogP contribution in [-0.4, -0.2) is 246 Å². The van der Waals surface area contributed by atoms with Crippen molar-refractivity contribution in [2.75, 3.05) is 13.2 Å². The van der Waals surface area contributed by atoms with Crippen molar-refractivity contribution in [2.24, 2.45) is 46.3 Å². The Kier molecular flexibility index (Phi) is 17.7. The average Bonchev–Trinajstić information content (AvgIpc) is 3.93. The van der Waals surface area contributed by atoms with E-state index in [1.54, 1.807) is 0 Å². The van der Waals surface area contributed by atoms with Crippen molar-refractivity contribution in [2.45, 2.75) is 285 Å². The first kappa shape index (κ1) is 61.4. The van der Waals surface area contributed by atoms with E-state index in [1.807, 2.05) is 0 Å². The van der Waals surface area contributed by atoms with E-state index in [0.717, 1.165) is 45.1 Å². The maximum absolute atomic E-state index is 11.6. The van der Waals surface area contributed by atoms with E-state index in [0.29, 0.717) is 48.3 Å². The van der Waals surface area contributed by atoms with Gasteiger partial charge in [0.05, 0.1) is 49.8 Å². The van der Waals surface area contributed by atoms with Crippen molar-refractivity contribution in [1.82, 2.24) is 0 Å². The topological polar surface area (TPSA) is 354 Å². The molecule has 11 rings (SSSR count). The van der Waals surface area contributed by atoms with E-state index in [-0.39, 0.29) is 23.0 Å². The number of rotatable bonds is 11. The first-order valence-electron chi connectivity index (χ1n) is 30.0. The molecule has 24 heteroatoms. The summed E-state index contributed by atoms with van der Waals surface area (Å²) in [7, 11) is 0. The molecule has 0 amide bonds. The highest BCUT2D eigenvalue weighted by Gasteiger charge is 2.69. The predicted molar refractivity (Wildman–Crippen MR) is 275 cm³/mol. The smallest absolute Gasteiger partial charge is 0.187 e. The highest BCUT2D eigenvalue weighted by atomic mass is 16.8. The summed E-state index contributed by atoms with van der Waals surface area (Å²) in [5.74, 6) is 2.61. The summed E-state index contributed by atoms with van der Waals surface area (Å²) in [5, 5.41) is 132. The second kappa shape index (κ2) is 23.4. The van der Waals surface area contributed by atoms with E-state index >= 15 is 0 Å². The Hall–Kier alpha value is -1.22. The van der Waals surface area contributed by atoms with Crippen molar-refractivity contribution in [3.63, 3.8) is 0 Å². The summed E-state index contributed by atoms with van der Waals surface area (Å²) < 4.78 is 72.8. The van der Waals surface area contributed by atoms with Crippen LogP contribution < -0.4 is 0 Å². The van der Waals surface area contributed by atoms with Crippen LogP contribution in [0.15, 0.2) is 11.6 Å². The standard InChI is InChI=1S/C57H92O24/c1-21-11-16-57(70-20-21)22(2)34-32(81-57)18-31-29-10-9-27-17-28(12-14-55(27,7)30(29)13-15-56(31,34)8)75-54-45(69)40(64)49(33(19-58)76-54)80-53-44(68)39(63)48(26(6)74-53)79-52-43(67)38(62)47(25(5)73-52)78-51-42(66)37(61)46(24(4)72-51)77-50-41(65)36(60)35(59)23(3)71-50/h9,21-26,28-54,58-69H,10-20H2,1-8H3/t21-,22+,23?,24?,25?,26?,28?,29?,30?,31?,32?,33?,34?,35?,36?,37?,38?,39?,40?,41?,42?,43?,44?,45?,46?,47?,48?,49?,50?,51?,52?,53?,54?,55?,56?,57-/m1/s1. The molecular weight excluding hydrogens is 1070 g/mol. The van der Waals surface area contributed by atoms with Crippen molar-refractivity contribution in [3.05, 3.63) is 11.6 Å². The van der Waals surface area contributed by atoms with Gasteiger partial charge in [-0.2, -0.15) is 0 Å². The van der Waals surface area contributed by atoms with Crippen LogP contribution in [0.1, 0.15) is 113 Å². The second-order valence-electron chi connectivity index (χ2n) is 26.6. The van der Waals surface area contributed by atoms with Gasteiger partial charge in [0.2, 0.25) is 0 Å². The zero-order chi connectivity index (χ0) is 58.1. The zero-order valence-corrected chi connectivity index (χ0v) is 47.7. The minimum atomic E-state index is -1.86. The minimum Gasteiger partial charge on any atom is -0.394 e. The van der Waals surface area contributed by atoms with Gasteiger partial charge >= 0.3 is 0 Å². The fourth-order valence-electron chi connectivity index (χ4n) is 16.9. The summed E-state index contributed by atoms with van der Waals surface area (Å²) in [5.41, 5.74) is 1.54. The van der Waals surface area contributed by atoms with Gasteiger partial charge in [-0.25, -0.2) is 0 Å². The molecule has 0 aromatic rings. The fraction of sp³-hybridized carbons (Fsp3) is 0.965. The van der Waals surface area contributed by atoms with E-state index in [4.69, 9.17) is 56.8 Å². The molecule has 36 atom stereocenters. The molecule has 7 aliphatic heterocycles. The third kappa shape index (κ3) is 10.7. The normalized spacial score (nSPS) is 58.4. The molecule has 1 spiro atoms. The predicted octanol–water partition coefficient (Wildman–Crippen LogP) is -1.05. The van der Waals surface area contributed by atoms with Gasteiger partial charge in [0.25, 0.3) is 0 Å². The number of hydrogen-bond donors (Lipinski definition) is 12. The quantitative estimate of drug-likeness (QED) is 0.110. The van der Waals surface area contributed by atoms with Crippen LogP contribution in [-0.2, 0) is 56.8 Å². The molecule has 24 nitrogen and oxygen atoms in total. The van der Waals surface area contributed by atoms with E-state index in [9.17, 15) is 61.3 Å². The average molecular weight is 1160 g/mol. The first-order valence-corrected chi connectivity index (χ1v) is 30.0. The number of hydrogen-bond acceptors (Lipinski definition) is 24. The van der Waals surface area contributed by atoms with Gasteiger partial charge in [-0.05, 0) is 119 Å². The highest BCUT2D eigenvalue weighted by molar-refractivity contribution is 5.26. The molecule has 3 saturated carbocycles. The molecule has 11 aliphatic rings. The summed E-state index contributed by atoms with van der Waals surface area (Å²) >= 11 is 0. The minimum absolute atomic E-state index is 0.00692. The lowest BCUT2D eigenvalue weighted by atomic mass is 9.47. The van der Waals surface area contributed by atoms with Crippen molar-refractivity contribution in [1.29, 1.82) is 0 Å².